The van der Waals surface area contributed by atoms with Crippen molar-refractivity contribution in [3.63, 3.8) is 0 Å². The van der Waals surface area contributed by atoms with Crippen LogP contribution in [-0.4, -0.2) is 41.4 Å². The number of aromatic nitrogens is 2. The fourth-order valence-corrected chi connectivity index (χ4v) is 2.98. The van der Waals surface area contributed by atoms with Crippen molar-refractivity contribution in [2.24, 2.45) is 0 Å². The number of likely N-dealkylation sites (tertiary alicyclic amines) is 1. The van der Waals surface area contributed by atoms with Gasteiger partial charge in [0.25, 0.3) is 0 Å². The third-order valence-corrected chi connectivity index (χ3v) is 4.03. The predicted octanol–water partition coefficient (Wildman–Crippen LogP) is 2.97. The van der Waals surface area contributed by atoms with Crippen LogP contribution in [0.1, 0.15) is 17.9 Å². The lowest BCUT2D eigenvalue weighted by Crippen LogP contribution is -2.38. The van der Waals surface area contributed by atoms with Crippen LogP contribution in [0.4, 0.5) is 4.39 Å². The Bertz CT molecular complexity index is 568. The molecule has 0 saturated carbocycles. The minimum Gasteiger partial charge on any atom is -0.303 e. The summed E-state index contributed by atoms with van der Waals surface area (Å²) < 4.78 is 14.2. The van der Waals surface area contributed by atoms with Crippen molar-refractivity contribution >= 4 is 22.5 Å². The molecule has 1 aromatic heterocycles. The minimum atomic E-state index is -0.860. The van der Waals surface area contributed by atoms with Gasteiger partial charge >= 0.3 is 0 Å². The predicted molar refractivity (Wildman–Crippen MR) is 70.9 cm³/mol. The lowest BCUT2D eigenvalue weighted by atomic mass is 9.87. The van der Waals surface area contributed by atoms with Crippen LogP contribution in [0.3, 0.4) is 0 Å². The number of aromatic amines is 1. The van der Waals surface area contributed by atoms with Crippen LogP contribution in [0.5, 0.6) is 0 Å². The Labute approximate surface area is 110 Å². The van der Waals surface area contributed by atoms with E-state index in [9.17, 15) is 4.39 Å². The number of piperidine rings is 1. The first kappa shape index (κ1) is 11.9. The Morgan fingerprint density at radius 1 is 1.50 bits per heavy atom. The van der Waals surface area contributed by atoms with Gasteiger partial charge in [-0.25, -0.2) is 4.39 Å². The topological polar surface area (TPSA) is 31.9 Å². The van der Waals surface area contributed by atoms with Crippen molar-refractivity contribution in [3.8, 4) is 0 Å². The van der Waals surface area contributed by atoms with Gasteiger partial charge in [0.15, 0.2) is 0 Å². The van der Waals surface area contributed by atoms with Crippen molar-refractivity contribution in [1.82, 2.24) is 15.1 Å². The van der Waals surface area contributed by atoms with Crippen LogP contribution in [0.15, 0.2) is 18.3 Å². The van der Waals surface area contributed by atoms with Crippen molar-refractivity contribution in [2.75, 3.05) is 20.1 Å². The molecule has 1 aromatic carbocycles. The van der Waals surface area contributed by atoms with Crippen LogP contribution in [0.25, 0.3) is 10.9 Å². The SMILES string of the molecule is CN1CC[C@H](c2cc3[nH]ncc3cc2Cl)[C@@H](F)C1. The highest BCUT2D eigenvalue weighted by Gasteiger charge is 2.30. The summed E-state index contributed by atoms with van der Waals surface area (Å²) >= 11 is 6.27. The number of H-pyrrole nitrogens is 1. The molecule has 0 unspecified atom stereocenters. The number of halogens is 2. The number of hydrogen-bond donors (Lipinski definition) is 1. The molecule has 0 spiro atoms. The molecule has 2 atom stereocenters. The van der Waals surface area contributed by atoms with Crippen LogP contribution in [-0.2, 0) is 0 Å². The monoisotopic (exact) mass is 267 g/mol. The fraction of sp³-hybridized carbons (Fsp3) is 0.462. The number of alkyl halides is 1. The molecule has 0 bridgehead atoms. The summed E-state index contributed by atoms with van der Waals surface area (Å²) in [5.74, 6) is -0.110. The second-order valence-electron chi connectivity index (χ2n) is 5.00. The van der Waals surface area contributed by atoms with E-state index in [1.807, 2.05) is 24.1 Å². The van der Waals surface area contributed by atoms with E-state index in [-0.39, 0.29) is 5.92 Å². The summed E-state index contributed by atoms with van der Waals surface area (Å²) in [6.07, 6.45) is 1.67. The first-order chi connectivity index (χ1) is 8.65. The Balaban J connectivity index is 2.00. The van der Waals surface area contributed by atoms with Gasteiger partial charge in [-0.2, -0.15) is 5.10 Å². The highest BCUT2D eigenvalue weighted by molar-refractivity contribution is 6.32. The summed E-state index contributed by atoms with van der Waals surface area (Å²) in [5, 5.41) is 8.49. The molecule has 1 N–H and O–H groups in total. The molecule has 0 radical (unpaired) electrons. The average Bonchev–Trinajstić information content (AvgIpc) is 2.75. The van der Waals surface area contributed by atoms with E-state index >= 15 is 0 Å². The van der Waals surface area contributed by atoms with Crippen molar-refractivity contribution < 1.29 is 4.39 Å². The van der Waals surface area contributed by atoms with Gasteiger partial charge in [-0.05, 0) is 37.7 Å². The maximum atomic E-state index is 14.2. The molecule has 1 fully saturated rings. The maximum Gasteiger partial charge on any atom is 0.120 e. The quantitative estimate of drug-likeness (QED) is 0.861. The van der Waals surface area contributed by atoms with Gasteiger partial charge in [-0.1, -0.05) is 11.6 Å². The molecule has 0 amide bonds. The van der Waals surface area contributed by atoms with Gasteiger partial charge in [0.2, 0.25) is 0 Å². The smallest absolute Gasteiger partial charge is 0.120 e. The number of fused-ring (bicyclic) bond motifs is 1. The zero-order valence-corrected chi connectivity index (χ0v) is 10.9. The van der Waals surface area contributed by atoms with Gasteiger partial charge in [0.05, 0.1) is 11.7 Å². The van der Waals surface area contributed by atoms with Gasteiger partial charge in [-0.3, -0.25) is 5.10 Å². The molecule has 1 saturated heterocycles. The number of hydrogen-bond acceptors (Lipinski definition) is 2. The lowest BCUT2D eigenvalue weighted by Gasteiger charge is -2.32. The number of nitrogens with one attached hydrogen (secondary N) is 1. The Morgan fingerprint density at radius 3 is 3.11 bits per heavy atom. The minimum absolute atomic E-state index is 0.110. The zero-order chi connectivity index (χ0) is 12.7. The van der Waals surface area contributed by atoms with Crippen molar-refractivity contribution in [1.29, 1.82) is 0 Å². The van der Waals surface area contributed by atoms with E-state index < -0.39 is 6.17 Å². The van der Waals surface area contributed by atoms with Crippen LogP contribution in [0.2, 0.25) is 5.02 Å². The first-order valence-electron chi connectivity index (χ1n) is 6.10. The highest BCUT2D eigenvalue weighted by atomic mass is 35.5. The molecular weight excluding hydrogens is 253 g/mol. The molecule has 1 aliphatic heterocycles. The molecule has 2 heterocycles. The molecule has 2 aromatic rings. The van der Waals surface area contributed by atoms with Crippen molar-refractivity contribution in [2.45, 2.75) is 18.5 Å². The highest BCUT2D eigenvalue weighted by Crippen LogP contribution is 2.36. The normalized spacial score (nSPS) is 25.7. The van der Waals surface area contributed by atoms with Crippen molar-refractivity contribution in [3.05, 3.63) is 28.9 Å². The van der Waals surface area contributed by atoms with Crippen LogP contribution >= 0.6 is 11.6 Å². The van der Waals surface area contributed by atoms with E-state index in [2.05, 4.69) is 10.2 Å². The maximum absolute atomic E-state index is 14.2. The molecular formula is C13H15ClFN3. The second kappa shape index (κ2) is 4.52. The first-order valence-corrected chi connectivity index (χ1v) is 6.48. The van der Waals surface area contributed by atoms with Gasteiger partial charge in [0.1, 0.15) is 6.17 Å². The third-order valence-electron chi connectivity index (χ3n) is 3.70. The van der Waals surface area contributed by atoms with Gasteiger partial charge in [0, 0.05) is 22.9 Å². The zero-order valence-electron chi connectivity index (χ0n) is 10.2. The molecule has 0 aliphatic carbocycles. The molecule has 18 heavy (non-hydrogen) atoms. The summed E-state index contributed by atoms with van der Waals surface area (Å²) in [7, 11) is 1.95. The summed E-state index contributed by atoms with van der Waals surface area (Å²) in [6.45, 7) is 1.38. The summed E-state index contributed by atoms with van der Waals surface area (Å²) in [6, 6.07) is 3.80. The fourth-order valence-electron chi connectivity index (χ4n) is 2.67. The largest absolute Gasteiger partial charge is 0.303 e. The summed E-state index contributed by atoms with van der Waals surface area (Å²) in [4.78, 5) is 2.02. The summed E-state index contributed by atoms with van der Waals surface area (Å²) in [5.41, 5.74) is 1.81. The Morgan fingerprint density at radius 2 is 2.33 bits per heavy atom. The molecule has 3 nitrogen and oxygen atoms in total. The van der Waals surface area contributed by atoms with Gasteiger partial charge in [-0.15, -0.1) is 0 Å². The molecule has 5 heteroatoms. The third kappa shape index (κ3) is 1.99. The van der Waals surface area contributed by atoms with E-state index in [0.29, 0.717) is 11.6 Å². The Hall–Kier alpha value is -1.13. The van der Waals surface area contributed by atoms with E-state index in [1.54, 1.807) is 6.20 Å². The standard InChI is InChI=1S/C13H15ClFN3/c1-18-3-2-9(12(15)7-18)10-5-13-8(4-11(10)14)6-16-17-13/h4-6,9,12H,2-3,7H2,1H3,(H,16,17)/t9-,12+/m1/s1. The van der Waals surface area contributed by atoms with E-state index in [4.69, 9.17) is 11.6 Å². The number of rotatable bonds is 1. The van der Waals surface area contributed by atoms with Gasteiger partial charge < -0.3 is 4.90 Å². The number of nitrogens with zero attached hydrogens (tertiary/aromatic N) is 2. The average molecular weight is 268 g/mol. The van der Waals surface area contributed by atoms with E-state index in [1.165, 1.54) is 0 Å². The van der Waals surface area contributed by atoms with Crippen LogP contribution < -0.4 is 0 Å². The molecule has 3 rings (SSSR count). The lowest BCUT2D eigenvalue weighted by molar-refractivity contribution is 0.139. The second-order valence-corrected chi connectivity index (χ2v) is 5.41. The van der Waals surface area contributed by atoms with E-state index in [0.717, 1.165) is 29.4 Å². The number of benzene rings is 1. The van der Waals surface area contributed by atoms with Crippen LogP contribution in [0, 0.1) is 0 Å². The Kier molecular flexibility index (Phi) is 2.99. The molecule has 96 valence electrons. The molecule has 1 aliphatic rings.